The van der Waals surface area contributed by atoms with Gasteiger partial charge in [0.25, 0.3) is 5.91 Å². The van der Waals surface area contributed by atoms with Gasteiger partial charge in [0.2, 0.25) is 17.7 Å². The van der Waals surface area contributed by atoms with Crippen LogP contribution in [0.5, 0.6) is 5.75 Å². The molecule has 3 aliphatic rings. The average Bonchev–Trinajstić information content (AvgIpc) is 4.01. The van der Waals surface area contributed by atoms with Crippen molar-refractivity contribution in [3.63, 3.8) is 0 Å². The first-order valence-electron chi connectivity index (χ1n) is 24.9. The SMILES string of the molecule is Cc1ncsc1-c1ccc([C@H](C)NC(=O)C2CCCN2C(=O)C(NC(=O)CN2CCN(CCCc3ccc(C(=O)NC4C(C)(C)C(Oc5ccc(C#N)c(C(F)(F)F)c5)C4(C)C)cc3)CC2)C(C)(C)C)cc1. The maximum absolute atomic E-state index is 14.2. The Morgan fingerprint density at radius 1 is 0.903 bits per heavy atom. The molecular weight excluding hydrogens is 942 g/mol. The molecule has 0 spiro atoms. The van der Waals surface area contributed by atoms with Crippen LogP contribution in [0.4, 0.5) is 13.2 Å². The van der Waals surface area contributed by atoms with E-state index >= 15 is 0 Å². The first-order valence-corrected chi connectivity index (χ1v) is 25.8. The summed E-state index contributed by atoms with van der Waals surface area (Å²) in [5.41, 5.74) is 3.12. The second-order valence-corrected chi connectivity index (χ2v) is 22.8. The van der Waals surface area contributed by atoms with Crippen molar-refractivity contribution in [3.05, 3.63) is 106 Å². The molecule has 3 N–H and O–H groups in total. The van der Waals surface area contributed by atoms with Crippen molar-refractivity contribution in [1.82, 2.24) is 35.6 Å². The molecule has 3 aromatic carbocycles. The summed E-state index contributed by atoms with van der Waals surface area (Å²) in [5.74, 6) is -0.893. The third-order valence-corrected chi connectivity index (χ3v) is 15.8. The van der Waals surface area contributed by atoms with Crippen molar-refractivity contribution in [1.29, 1.82) is 5.26 Å². The molecule has 72 heavy (non-hydrogen) atoms. The van der Waals surface area contributed by atoms with Gasteiger partial charge in [-0.2, -0.15) is 18.4 Å². The van der Waals surface area contributed by atoms with E-state index in [1.165, 1.54) is 6.07 Å². The van der Waals surface area contributed by atoms with Gasteiger partial charge in [-0.15, -0.1) is 11.3 Å². The number of nitriles is 1. The van der Waals surface area contributed by atoms with E-state index in [-0.39, 0.29) is 48.0 Å². The van der Waals surface area contributed by atoms with Crippen LogP contribution in [0.2, 0.25) is 0 Å². The van der Waals surface area contributed by atoms with Crippen LogP contribution in [0, 0.1) is 34.5 Å². The van der Waals surface area contributed by atoms with Crippen molar-refractivity contribution >= 4 is 35.0 Å². The third kappa shape index (κ3) is 12.2. The fourth-order valence-corrected chi connectivity index (χ4v) is 11.8. The number of hydrogen-bond acceptors (Lipinski definition) is 10. The highest BCUT2D eigenvalue weighted by Crippen LogP contribution is 2.56. The highest BCUT2D eigenvalue weighted by atomic mass is 32.1. The van der Waals surface area contributed by atoms with Crippen LogP contribution in [0.3, 0.4) is 0 Å². The molecule has 17 heteroatoms. The van der Waals surface area contributed by atoms with E-state index in [1.54, 1.807) is 22.3 Å². The minimum absolute atomic E-state index is 0.0137. The number of aromatic nitrogens is 1. The Hall–Kier alpha value is -5.83. The molecule has 7 rings (SSSR count). The molecule has 4 aromatic rings. The summed E-state index contributed by atoms with van der Waals surface area (Å²) < 4.78 is 47.0. The molecule has 13 nitrogen and oxygen atoms in total. The Kier molecular flexibility index (Phi) is 16.3. The Morgan fingerprint density at radius 3 is 2.15 bits per heavy atom. The van der Waals surface area contributed by atoms with E-state index in [0.717, 1.165) is 71.9 Å². The lowest BCUT2D eigenvalue weighted by Crippen LogP contribution is -2.74. The molecule has 386 valence electrons. The van der Waals surface area contributed by atoms with Crippen molar-refractivity contribution < 1.29 is 37.1 Å². The lowest BCUT2D eigenvalue weighted by molar-refractivity contribution is -0.164. The summed E-state index contributed by atoms with van der Waals surface area (Å²) in [6.07, 6.45) is -2.23. The predicted octanol–water partition coefficient (Wildman–Crippen LogP) is 8.57. The standard InChI is InChI=1S/C55H69F3N8O5S/c1-34(37-18-20-38(21-19-37)45-35(2)60-33-72-45)61-48(69)43-13-11-25-66(43)49(70)46(52(3,4)5)62-44(67)32-65-28-26-64(27-29-65)24-10-12-36-14-16-39(17-15-36)47(68)63-50-53(6,7)51(54(50,8)9)71-41-23-22-40(31-59)42(30-41)55(56,57)58/h14-23,30,33-34,43,46,50-51H,10-13,24-29,32H2,1-9H3,(H,61,69)(H,62,67)(H,63,68)/t34-,43?,46?,50?,51?/m0/s1. The zero-order valence-electron chi connectivity index (χ0n) is 42.9. The number of carbonyl (C=O) groups is 4. The maximum Gasteiger partial charge on any atom is 0.417 e. The first-order chi connectivity index (χ1) is 33.9. The number of rotatable bonds is 16. The number of benzene rings is 3. The quantitative estimate of drug-likeness (QED) is 0.1000. The minimum atomic E-state index is -4.70. The van der Waals surface area contributed by atoms with Crippen molar-refractivity contribution in [3.8, 4) is 22.3 Å². The number of alkyl halides is 3. The Bertz CT molecular complexity index is 2610. The van der Waals surface area contributed by atoms with Gasteiger partial charge in [-0.3, -0.25) is 24.1 Å². The molecule has 3 heterocycles. The van der Waals surface area contributed by atoms with E-state index in [4.69, 9.17) is 4.74 Å². The average molecular weight is 1010 g/mol. The second kappa shape index (κ2) is 21.7. The van der Waals surface area contributed by atoms with Gasteiger partial charge in [-0.25, -0.2) is 4.98 Å². The molecule has 1 aliphatic carbocycles. The molecule has 2 unspecified atom stereocenters. The minimum Gasteiger partial charge on any atom is -0.489 e. The van der Waals surface area contributed by atoms with Crippen LogP contribution in [0.15, 0.2) is 72.2 Å². The second-order valence-electron chi connectivity index (χ2n) is 22.0. The number of aryl methyl sites for hydroxylation is 2. The number of piperazine rings is 1. The number of likely N-dealkylation sites (tertiary alicyclic amines) is 1. The largest absolute Gasteiger partial charge is 0.489 e. The molecule has 3 atom stereocenters. The van der Waals surface area contributed by atoms with Crippen molar-refractivity contribution in [2.75, 3.05) is 45.8 Å². The fourth-order valence-electron chi connectivity index (χ4n) is 11.0. The fraction of sp³-hybridized carbons (Fsp3) is 0.527. The Morgan fingerprint density at radius 2 is 1.56 bits per heavy atom. The number of nitrogens with zero attached hydrogens (tertiary/aromatic N) is 5. The van der Waals surface area contributed by atoms with E-state index < -0.39 is 51.7 Å². The predicted molar refractivity (Wildman–Crippen MR) is 272 cm³/mol. The van der Waals surface area contributed by atoms with Gasteiger partial charge in [0.15, 0.2) is 0 Å². The number of hydrogen-bond donors (Lipinski definition) is 3. The highest BCUT2D eigenvalue weighted by Gasteiger charge is 2.64. The van der Waals surface area contributed by atoms with Crippen molar-refractivity contribution in [2.24, 2.45) is 16.2 Å². The summed E-state index contributed by atoms with van der Waals surface area (Å²) in [5, 5.41) is 18.5. The normalized spacial score (nSPS) is 20.9. The van der Waals surface area contributed by atoms with Gasteiger partial charge in [0, 0.05) is 55.2 Å². The monoisotopic (exact) mass is 1010 g/mol. The summed E-state index contributed by atoms with van der Waals surface area (Å²) in [7, 11) is 0. The van der Waals surface area contributed by atoms with E-state index in [1.807, 2.05) is 116 Å². The van der Waals surface area contributed by atoms with Crippen molar-refractivity contribution in [2.45, 2.75) is 124 Å². The van der Waals surface area contributed by atoms with E-state index in [2.05, 4.69) is 30.7 Å². The van der Waals surface area contributed by atoms with Gasteiger partial charge in [0.05, 0.1) is 45.9 Å². The first kappa shape index (κ1) is 54.0. The molecule has 4 amide bonds. The van der Waals surface area contributed by atoms with E-state index in [9.17, 15) is 37.6 Å². The molecule has 0 radical (unpaired) electrons. The lowest BCUT2D eigenvalue weighted by atomic mass is 9.49. The number of carbonyl (C=O) groups excluding carboxylic acids is 4. The van der Waals surface area contributed by atoms with Gasteiger partial charge in [0.1, 0.15) is 23.9 Å². The molecule has 1 aromatic heterocycles. The smallest absolute Gasteiger partial charge is 0.417 e. The number of thiazole rings is 1. The maximum atomic E-state index is 14.2. The van der Waals surface area contributed by atoms with Gasteiger partial charge in [-0.1, -0.05) is 84.9 Å². The van der Waals surface area contributed by atoms with Gasteiger partial charge in [-0.05, 0) is 98.5 Å². The van der Waals surface area contributed by atoms with Gasteiger partial charge >= 0.3 is 6.18 Å². The van der Waals surface area contributed by atoms with Crippen LogP contribution < -0.4 is 20.7 Å². The molecule has 0 bridgehead atoms. The van der Waals surface area contributed by atoms with Crippen LogP contribution in [0.1, 0.15) is 119 Å². The van der Waals surface area contributed by atoms with Crippen LogP contribution in [-0.4, -0.2) is 113 Å². The lowest BCUT2D eigenvalue weighted by Gasteiger charge is -2.63. The topological polar surface area (TPSA) is 160 Å². The van der Waals surface area contributed by atoms with Gasteiger partial charge < -0.3 is 30.5 Å². The summed E-state index contributed by atoms with van der Waals surface area (Å²) in [6.45, 7) is 21.9. The Balaban J connectivity index is 0.828. The number of ether oxygens (including phenoxy) is 1. The molecule has 2 saturated heterocycles. The molecule has 3 fully saturated rings. The Labute approximate surface area is 425 Å². The number of nitrogens with one attached hydrogen (secondary N) is 3. The zero-order valence-corrected chi connectivity index (χ0v) is 43.7. The highest BCUT2D eigenvalue weighted by molar-refractivity contribution is 7.13. The number of halogens is 3. The van der Waals surface area contributed by atoms with Crippen LogP contribution in [-0.2, 0) is 27.0 Å². The zero-order chi connectivity index (χ0) is 52.3. The third-order valence-electron chi connectivity index (χ3n) is 14.8. The van der Waals surface area contributed by atoms with Crippen LogP contribution >= 0.6 is 11.3 Å². The molecule has 1 saturated carbocycles. The summed E-state index contributed by atoms with van der Waals surface area (Å²) >= 11 is 1.59. The molecule has 2 aliphatic heterocycles. The number of amides is 4. The van der Waals surface area contributed by atoms with E-state index in [0.29, 0.717) is 38.0 Å². The van der Waals surface area contributed by atoms with Crippen LogP contribution in [0.25, 0.3) is 10.4 Å². The summed E-state index contributed by atoms with van der Waals surface area (Å²) in [6, 6.07) is 18.6. The summed E-state index contributed by atoms with van der Waals surface area (Å²) in [4.78, 5) is 66.6. The molecular formula is C55H69F3N8O5S.